The molecule has 0 aliphatic rings. The Morgan fingerprint density at radius 3 is 2.71 bits per heavy atom. The van der Waals surface area contributed by atoms with Gasteiger partial charge in [-0.15, -0.1) is 0 Å². The van der Waals surface area contributed by atoms with Crippen molar-refractivity contribution >= 4 is 17.3 Å². The van der Waals surface area contributed by atoms with E-state index in [-0.39, 0.29) is 0 Å². The molecule has 0 radical (unpaired) electrons. The third-order valence-electron chi connectivity index (χ3n) is 3.20. The second kappa shape index (κ2) is 6.87. The number of nitrogens with two attached hydrogens (primary N) is 1. The van der Waals surface area contributed by atoms with Gasteiger partial charge in [0.1, 0.15) is 0 Å². The summed E-state index contributed by atoms with van der Waals surface area (Å²) < 4.78 is 0. The molecule has 0 amide bonds. The standard InChI is InChI=1S/C14H23ClN2/c1-4-6-11(2)17(3)14-12(9-10-16)7-5-8-13(14)15/h5,7-8,11H,4,6,9-10,16H2,1-3H3. The van der Waals surface area contributed by atoms with Crippen molar-refractivity contribution in [2.75, 3.05) is 18.5 Å². The SMILES string of the molecule is CCCC(C)N(C)c1c(Cl)cccc1CCN. The lowest BCUT2D eigenvalue weighted by Gasteiger charge is -2.29. The van der Waals surface area contributed by atoms with E-state index < -0.39 is 0 Å². The zero-order valence-corrected chi connectivity index (χ0v) is 11.8. The third-order valence-corrected chi connectivity index (χ3v) is 3.51. The highest BCUT2D eigenvalue weighted by Gasteiger charge is 2.15. The quantitative estimate of drug-likeness (QED) is 0.842. The maximum Gasteiger partial charge on any atom is 0.0642 e. The number of hydrogen-bond acceptors (Lipinski definition) is 2. The fourth-order valence-electron chi connectivity index (χ4n) is 2.14. The molecule has 17 heavy (non-hydrogen) atoms. The molecule has 1 atom stereocenters. The van der Waals surface area contributed by atoms with E-state index in [1.54, 1.807) is 0 Å². The molecule has 2 N–H and O–H groups in total. The molecule has 0 spiro atoms. The molecule has 0 aromatic heterocycles. The van der Waals surface area contributed by atoms with E-state index in [1.807, 2.05) is 12.1 Å². The molecule has 1 aromatic carbocycles. The molecule has 0 saturated heterocycles. The van der Waals surface area contributed by atoms with Crippen LogP contribution in [0.5, 0.6) is 0 Å². The van der Waals surface area contributed by atoms with Gasteiger partial charge < -0.3 is 10.6 Å². The zero-order chi connectivity index (χ0) is 12.8. The summed E-state index contributed by atoms with van der Waals surface area (Å²) in [5, 5.41) is 0.821. The maximum absolute atomic E-state index is 6.32. The van der Waals surface area contributed by atoms with E-state index >= 15 is 0 Å². The second-order valence-corrected chi connectivity index (χ2v) is 4.94. The Labute approximate surface area is 110 Å². The summed E-state index contributed by atoms with van der Waals surface area (Å²) in [5.74, 6) is 0. The molecule has 3 heteroatoms. The smallest absolute Gasteiger partial charge is 0.0642 e. The van der Waals surface area contributed by atoms with Gasteiger partial charge >= 0.3 is 0 Å². The number of hydrogen-bond donors (Lipinski definition) is 1. The number of halogens is 1. The molecule has 0 fully saturated rings. The van der Waals surface area contributed by atoms with Gasteiger partial charge in [-0.1, -0.05) is 37.1 Å². The lowest BCUT2D eigenvalue weighted by molar-refractivity contribution is 0.614. The van der Waals surface area contributed by atoms with Crippen molar-refractivity contribution in [2.45, 2.75) is 39.2 Å². The van der Waals surface area contributed by atoms with Gasteiger partial charge in [-0.2, -0.15) is 0 Å². The van der Waals surface area contributed by atoms with E-state index in [4.69, 9.17) is 17.3 Å². The molecule has 1 rings (SSSR count). The minimum absolute atomic E-state index is 0.497. The molecular weight excluding hydrogens is 232 g/mol. The Kier molecular flexibility index (Phi) is 5.79. The first kappa shape index (κ1) is 14.3. The first-order chi connectivity index (χ1) is 8.11. The number of anilines is 1. The van der Waals surface area contributed by atoms with E-state index in [0.29, 0.717) is 12.6 Å². The first-order valence-corrected chi connectivity index (χ1v) is 6.69. The Balaban J connectivity index is 3.01. The van der Waals surface area contributed by atoms with Crippen LogP contribution in [0.2, 0.25) is 5.02 Å². The Hall–Kier alpha value is -0.730. The van der Waals surface area contributed by atoms with Crippen molar-refractivity contribution in [3.8, 4) is 0 Å². The lowest BCUT2D eigenvalue weighted by Crippen LogP contribution is -2.30. The van der Waals surface area contributed by atoms with Crippen LogP contribution in [-0.4, -0.2) is 19.6 Å². The van der Waals surface area contributed by atoms with Crippen molar-refractivity contribution < 1.29 is 0 Å². The van der Waals surface area contributed by atoms with Gasteiger partial charge in [-0.05, 0) is 37.9 Å². The molecule has 1 unspecified atom stereocenters. The van der Waals surface area contributed by atoms with Crippen molar-refractivity contribution in [3.05, 3.63) is 28.8 Å². The highest BCUT2D eigenvalue weighted by atomic mass is 35.5. The molecule has 0 bridgehead atoms. The minimum Gasteiger partial charge on any atom is -0.370 e. The summed E-state index contributed by atoms with van der Waals surface area (Å²) in [6, 6.07) is 6.56. The molecule has 2 nitrogen and oxygen atoms in total. The molecule has 96 valence electrons. The second-order valence-electron chi connectivity index (χ2n) is 4.53. The largest absolute Gasteiger partial charge is 0.370 e. The summed E-state index contributed by atoms with van der Waals surface area (Å²) in [5.41, 5.74) is 8.03. The normalized spacial score (nSPS) is 12.5. The van der Waals surface area contributed by atoms with E-state index in [0.717, 1.165) is 17.1 Å². The fraction of sp³-hybridized carbons (Fsp3) is 0.571. The first-order valence-electron chi connectivity index (χ1n) is 6.32. The van der Waals surface area contributed by atoms with Gasteiger partial charge in [0.2, 0.25) is 0 Å². The molecule has 0 heterocycles. The van der Waals surface area contributed by atoms with Crippen LogP contribution >= 0.6 is 11.6 Å². The van der Waals surface area contributed by atoms with Gasteiger partial charge in [0.25, 0.3) is 0 Å². The topological polar surface area (TPSA) is 29.3 Å². The van der Waals surface area contributed by atoms with Crippen molar-refractivity contribution in [2.24, 2.45) is 5.73 Å². The van der Waals surface area contributed by atoms with Crippen LogP contribution < -0.4 is 10.6 Å². The fourth-order valence-corrected chi connectivity index (χ4v) is 2.47. The average molecular weight is 255 g/mol. The van der Waals surface area contributed by atoms with E-state index in [2.05, 4.69) is 31.9 Å². The number of rotatable bonds is 6. The molecule has 1 aromatic rings. The van der Waals surface area contributed by atoms with Gasteiger partial charge in [0, 0.05) is 13.1 Å². The summed E-state index contributed by atoms with van der Waals surface area (Å²) >= 11 is 6.32. The number of para-hydroxylation sites is 1. The summed E-state index contributed by atoms with van der Waals surface area (Å²) in [4.78, 5) is 2.27. The lowest BCUT2D eigenvalue weighted by atomic mass is 10.1. The Bertz CT molecular complexity index is 352. The van der Waals surface area contributed by atoms with Crippen LogP contribution in [0, 0.1) is 0 Å². The van der Waals surface area contributed by atoms with Crippen LogP contribution in [0.4, 0.5) is 5.69 Å². The van der Waals surface area contributed by atoms with E-state index in [1.165, 1.54) is 18.4 Å². The van der Waals surface area contributed by atoms with Crippen molar-refractivity contribution in [1.82, 2.24) is 0 Å². The van der Waals surface area contributed by atoms with Gasteiger partial charge in [-0.3, -0.25) is 0 Å². The van der Waals surface area contributed by atoms with Gasteiger partial charge in [0.15, 0.2) is 0 Å². The van der Waals surface area contributed by atoms with E-state index in [9.17, 15) is 0 Å². The van der Waals surface area contributed by atoms with Crippen molar-refractivity contribution in [3.63, 3.8) is 0 Å². The van der Waals surface area contributed by atoms with Gasteiger partial charge in [-0.25, -0.2) is 0 Å². The Morgan fingerprint density at radius 1 is 1.41 bits per heavy atom. The van der Waals surface area contributed by atoms with Crippen LogP contribution in [0.25, 0.3) is 0 Å². The van der Waals surface area contributed by atoms with Gasteiger partial charge in [0.05, 0.1) is 10.7 Å². The predicted molar refractivity (Wildman–Crippen MR) is 77.0 cm³/mol. The zero-order valence-electron chi connectivity index (χ0n) is 11.0. The average Bonchev–Trinajstić information content (AvgIpc) is 2.29. The number of benzene rings is 1. The number of nitrogens with zero attached hydrogens (tertiary/aromatic N) is 1. The van der Waals surface area contributed by atoms with Crippen LogP contribution in [0.3, 0.4) is 0 Å². The maximum atomic E-state index is 6.32. The van der Waals surface area contributed by atoms with Crippen LogP contribution in [-0.2, 0) is 6.42 Å². The Morgan fingerprint density at radius 2 is 2.12 bits per heavy atom. The molecule has 0 saturated carbocycles. The third kappa shape index (κ3) is 3.62. The molecular formula is C14H23ClN2. The summed E-state index contributed by atoms with van der Waals surface area (Å²) in [6.07, 6.45) is 3.23. The highest BCUT2D eigenvalue weighted by molar-refractivity contribution is 6.33. The molecule has 0 aliphatic carbocycles. The summed E-state index contributed by atoms with van der Waals surface area (Å²) in [7, 11) is 2.11. The highest BCUT2D eigenvalue weighted by Crippen LogP contribution is 2.31. The summed E-state index contributed by atoms with van der Waals surface area (Å²) in [6.45, 7) is 5.10. The molecule has 0 aliphatic heterocycles. The minimum atomic E-state index is 0.497. The monoisotopic (exact) mass is 254 g/mol. The predicted octanol–water partition coefficient (Wildman–Crippen LogP) is 3.47. The van der Waals surface area contributed by atoms with Crippen LogP contribution in [0.1, 0.15) is 32.3 Å². The van der Waals surface area contributed by atoms with Crippen LogP contribution in [0.15, 0.2) is 18.2 Å². The van der Waals surface area contributed by atoms with Crippen molar-refractivity contribution in [1.29, 1.82) is 0 Å².